The molecule has 1 saturated heterocycles. The number of urea groups is 1. The van der Waals surface area contributed by atoms with Crippen molar-refractivity contribution in [3.05, 3.63) is 59.4 Å². The minimum Gasteiger partial charge on any atom is -0.496 e. The van der Waals surface area contributed by atoms with Gasteiger partial charge in [0.2, 0.25) is 0 Å². The minimum atomic E-state index is -0.234. The number of benzene rings is 2. The first kappa shape index (κ1) is 19.0. The SMILES string of the molecule is COc1ccc(C)cc1CCNC(=O)N1CCN(c2ccc(F)cc2)CC1. The van der Waals surface area contributed by atoms with Crippen molar-refractivity contribution in [1.82, 2.24) is 10.2 Å². The van der Waals surface area contributed by atoms with Gasteiger partial charge in [0.1, 0.15) is 11.6 Å². The van der Waals surface area contributed by atoms with E-state index in [1.165, 1.54) is 17.7 Å². The molecule has 6 heteroatoms. The summed E-state index contributed by atoms with van der Waals surface area (Å²) in [6.07, 6.45) is 0.728. The number of rotatable bonds is 5. The van der Waals surface area contributed by atoms with Crippen LogP contribution in [-0.2, 0) is 6.42 Å². The molecular weight excluding hydrogens is 345 g/mol. The average Bonchev–Trinajstić information content (AvgIpc) is 2.69. The van der Waals surface area contributed by atoms with Crippen LogP contribution in [0.2, 0.25) is 0 Å². The fourth-order valence-electron chi connectivity index (χ4n) is 3.34. The van der Waals surface area contributed by atoms with Crippen molar-refractivity contribution in [3.63, 3.8) is 0 Å². The van der Waals surface area contributed by atoms with Gasteiger partial charge in [-0.3, -0.25) is 0 Å². The number of carbonyl (C=O) groups is 1. The molecule has 0 bridgehead atoms. The molecule has 5 nitrogen and oxygen atoms in total. The van der Waals surface area contributed by atoms with Crippen molar-refractivity contribution >= 4 is 11.7 Å². The Morgan fingerprint density at radius 3 is 2.48 bits per heavy atom. The van der Waals surface area contributed by atoms with E-state index < -0.39 is 0 Å². The van der Waals surface area contributed by atoms with E-state index in [9.17, 15) is 9.18 Å². The van der Waals surface area contributed by atoms with Crippen molar-refractivity contribution in [1.29, 1.82) is 0 Å². The highest BCUT2D eigenvalue weighted by Crippen LogP contribution is 2.20. The number of hydrogen-bond donors (Lipinski definition) is 1. The van der Waals surface area contributed by atoms with Gasteiger partial charge in [0, 0.05) is 38.4 Å². The number of carbonyl (C=O) groups excluding carboxylic acids is 1. The lowest BCUT2D eigenvalue weighted by Crippen LogP contribution is -2.52. The third-order valence-corrected chi connectivity index (χ3v) is 4.87. The zero-order valence-corrected chi connectivity index (χ0v) is 15.9. The molecule has 27 heavy (non-hydrogen) atoms. The number of nitrogens with zero attached hydrogens (tertiary/aromatic N) is 2. The van der Waals surface area contributed by atoms with Crippen LogP contribution in [0.4, 0.5) is 14.9 Å². The van der Waals surface area contributed by atoms with E-state index in [2.05, 4.69) is 16.3 Å². The van der Waals surface area contributed by atoms with Gasteiger partial charge in [-0.25, -0.2) is 9.18 Å². The van der Waals surface area contributed by atoms with Gasteiger partial charge in [0.15, 0.2) is 0 Å². The van der Waals surface area contributed by atoms with E-state index in [1.54, 1.807) is 19.2 Å². The standard InChI is InChI=1S/C21H26FN3O2/c1-16-3-8-20(27-2)17(15-16)9-10-23-21(26)25-13-11-24(12-14-25)19-6-4-18(22)5-7-19/h3-8,15H,9-14H2,1-2H3,(H,23,26). The number of nitrogens with one attached hydrogen (secondary N) is 1. The molecule has 2 aromatic rings. The third kappa shape index (κ3) is 4.90. The van der Waals surface area contributed by atoms with Crippen LogP contribution in [0.5, 0.6) is 5.75 Å². The van der Waals surface area contributed by atoms with Crippen molar-refractivity contribution in [2.24, 2.45) is 0 Å². The molecule has 3 rings (SSSR count). The maximum Gasteiger partial charge on any atom is 0.317 e. The van der Waals surface area contributed by atoms with Gasteiger partial charge in [-0.15, -0.1) is 0 Å². The van der Waals surface area contributed by atoms with Gasteiger partial charge in [-0.2, -0.15) is 0 Å². The highest BCUT2D eigenvalue weighted by atomic mass is 19.1. The Labute approximate surface area is 159 Å². The predicted molar refractivity (Wildman–Crippen MR) is 105 cm³/mol. The number of amides is 2. The molecule has 0 aliphatic carbocycles. The second-order valence-corrected chi connectivity index (χ2v) is 6.75. The van der Waals surface area contributed by atoms with Crippen molar-refractivity contribution < 1.29 is 13.9 Å². The van der Waals surface area contributed by atoms with Crippen molar-refractivity contribution in [2.45, 2.75) is 13.3 Å². The monoisotopic (exact) mass is 371 g/mol. The molecule has 144 valence electrons. The second-order valence-electron chi connectivity index (χ2n) is 6.75. The Hall–Kier alpha value is -2.76. The Morgan fingerprint density at radius 2 is 1.81 bits per heavy atom. The number of piperazine rings is 1. The molecule has 1 aliphatic rings. The Kier molecular flexibility index (Phi) is 6.16. The molecule has 1 aliphatic heterocycles. The van der Waals surface area contributed by atoms with Crippen LogP contribution in [0.25, 0.3) is 0 Å². The van der Waals surface area contributed by atoms with Crippen LogP contribution >= 0.6 is 0 Å². The van der Waals surface area contributed by atoms with Crippen LogP contribution in [-0.4, -0.2) is 50.8 Å². The largest absolute Gasteiger partial charge is 0.496 e. The zero-order chi connectivity index (χ0) is 19.2. The first-order valence-electron chi connectivity index (χ1n) is 9.23. The maximum absolute atomic E-state index is 13.0. The number of ether oxygens (including phenoxy) is 1. The van der Waals surface area contributed by atoms with Gasteiger partial charge in [-0.05, 0) is 49.2 Å². The molecule has 0 atom stereocenters. The first-order chi connectivity index (χ1) is 13.1. The highest BCUT2D eigenvalue weighted by molar-refractivity contribution is 5.74. The molecular formula is C21H26FN3O2. The number of aryl methyl sites for hydroxylation is 1. The fraction of sp³-hybridized carbons (Fsp3) is 0.381. The maximum atomic E-state index is 13.0. The van der Waals surface area contributed by atoms with Gasteiger partial charge in [0.05, 0.1) is 7.11 Å². The quantitative estimate of drug-likeness (QED) is 0.878. The molecule has 0 radical (unpaired) electrons. The van der Waals surface area contributed by atoms with Crippen LogP contribution in [0, 0.1) is 12.7 Å². The van der Waals surface area contributed by atoms with Gasteiger partial charge < -0.3 is 19.9 Å². The topological polar surface area (TPSA) is 44.8 Å². The van der Waals surface area contributed by atoms with Crippen molar-refractivity contribution in [3.8, 4) is 5.75 Å². The summed E-state index contributed by atoms with van der Waals surface area (Å²) in [6.45, 7) is 5.39. The van der Waals surface area contributed by atoms with E-state index in [0.29, 0.717) is 19.6 Å². The second kappa shape index (κ2) is 8.75. The molecule has 0 saturated carbocycles. The van der Waals surface area contributed by atoms with Gasteiger partial charge in [-0.1, -0.05) is 17.7 Å². The van der Waals surface area contributed by atoms with E-state index in [4.69, 9.17) is 4.74 Å². The van der Waals surface area contributed by atoms with Crippen LogP contribution in [0.1, 0.15) is 11.1 Å². The summed E-state index contributed by atoms with van der Waals surface area (Å²) in [5.41, 5.74) is 3.26. The summed E-state index contributed by atoms with van der Waals surface area (Å²) in [5.74, 6) is 0.616. The average molecular weight is 371 g/mol. The fourth-order valence-corrected chi connectivity index (χ4v) is 3.34. The smallest absolute Gasteiger partial charge is 0.317 e. The summed E-state index contributed by atoms with van der Waals surface area (Å²) in [4.78, 5) is 16.4. The third-order valence-electron chi connectivity index (χ3n) is 4.87. The molecule has 1 N–H and O–H groups in total. The molecule has 1 heterocycles. The predicted octanol–water partition coefficient (Wildman–Crippen LogP) is 3.22. The Bertz CT molecular complexity index is 771. The molecule has 2 aromatic carbocycles. The van der Waals surface area contributed by atoms with Gasteiger partial charge >= 0.3 is 6.03 Å². The Balaban J connectivity index is 1.46. The molecule has 1 fully saturated rings. The normalized spacial score (nSPS) is 14.2. The Morgan fingerprint density at radius 1 is 1.11 bits per heavy atom. The first-order valence-corrected chi connectivity index (χ1v) is 9.23. The van der Waals surface area contributed by atoms with Gasteiger partial charge in [0.25, 0.3) is 0 Å². The number of anilines is 1. The van der Waals surface area contributed by atoms with Crippen LogP contribution in [0.15, 0.2) is 42.5 Å². The van der Waals surface area contributed by atoms with E-state index >= 15 is 0 Å². The summed E-state index contributed by atoms with van der Waals surface area (Å²) in [5, 5.41) is 3.00. The number of halogens is 1. The molecule has 0 spiro atoms. The summed E-state index contributed by atoms with van der Waals surface area (Å²) in [6, 6.07) is 12.5. The van der Waals surface area contributed by atoms with E-state index in [1.807, 2.05) is 24.0 Å². The summed E-state index contributed by atoms with van der Waals surface area (Å²) >= 11 is 0. The number of methoxy groups -OCH3 is 1. The molecule has 0 aromatic heterocycles. The van der Waals surface area contributed by atoms with E-state index in [0.717, 1.165) is 36.5 Å². The number of hydrogen-bond acceptors (Lipinski definition) is 3. The lowest BCUT2D eigenvalue weighted by Gasteiger charge is -2.36. The lowest BCUT2D eigenvalue weighted by atomic mass is 10.1. The van der Waals surface area contributed by atoms with Crippen molar-refractivity contribution in [2.75, 3.05) is 44.7 Å². The molecule has 0 unspecified atom stereocenters. The van der Waals surface area contributed by atoms with Crippen LogP contribution in [0.3, 0.4) is 0 Å². The minimum absolute atomic E-state index is 0.0413. The summed E-state index contributed by atoms with van der Waals surface area (Å²) in [7, 11) is 1.66. The summed E-state index contributed by atoms with van der Waals surface area (Å²) < 4.78 is 18.4. The van der Waals surface area contributed by atoms with Crippen LogP contribution < -0.4 is 15.0 Å². The lowest BCUT2D eigenvalue weighted by molar-refractivity contribution is 0.194. The molecule has 2 amide bonds. The zero-order valence-electron chi connectivity index (χ0n) is 15.9. The highest BCUT2D eigenvalue weighted by Gasteiger charge is 2.21. The van der Waals surface area contributed by atoms with E-state index in [-0.39, 0.29) is 11.8 Å².